The average molecular weight is 633 g/mol. The molecule has 2 atom stereocenters. The Morgan fingerprint density at radius 3 is 1.25 bits per heavy atom. The smallest absolute Gasteiger partial charge is 0.291 e. The van der Waals surface area contributed by atoms with Gasteiger partial charge in [0.05, 0.1) is 26.2 Å². The lowest BCUT2D eigenvalue weighted by atomic mass is 10.1. The van der Waals surface area contributed by atoms with E-state index < -0.39 is 44.9 Å². The Morgan fingerprint density at radius 2 is 0.932 bits per heavy atom. The van der Waals surface area contributed by atoms with Gasteiger partial charge in [-0.15, -0.1) is 0 Å². The van der Waals surface area contributed by atoms with Gasteiger partial charge < -0.3 is 21.3 Å². The summed E-state index contributed by atoms with van der Waals surface area (Å²) in [4.78, 5) is 81.1. The first-order valence-electron chi connectivity index (χ1n) is 13.4. The van der Waals surface area contributed by atoms with Crippen molar-refractivity contribution in [2.24, 2.45) is 11.5 Å². The Labute approximate surface area is 261 Å². The minimum atomic E-state index is -0.945. The number of nitrogens with two attached hydrogens (primary N) is 2. The zero-order valence-electron chi connectivity index (χ0n) is 23.3. The molecule has 2 fully saturated rings. The molecule has 0 radical (unpaired) electrons. The molecule has 2 aliphatic rings. The van der Waals surface area contributed by atoms with Gasteiger partial charge in [0.25, 0.3) is 22.3 Å². The van der Waals surface area contributed by atoms with Crippen molar-refractivity contribution in [2.75, 3.05) is 22.9 Å². The van der Waals surface area contributed by atoms with E-state index >= 15 is 0 Å². The van der Waals surface area contributed by atoms with Gasteiger partial charge in [-0.25, -0.2) is 0 Å². The molecule has 0 aromatic heterocycles. The minimum absolute atomic E-state index is 0.000692. The second kappa shape index (κ2) is 13.2. The van der Waals surface area contributed by atoms with E-state index in [9.17, 15) is 28.8 Å². The number of nitrogens with zero attached hydrogens (tertiary/aromatic N) is 4. The Hall–Kier alpha value is -4.82. The highest BCUT2D eigenvalue weighted by molar-refractivity contribution is 8.15. The summed E-state index contributed by atoms with van der Waals surface area (Å²) in [5, 5.41) is -2.80. The number of carbonyl (C=O) groups is 6. The van der Waals surface area contributed by atoms with E-state index in [1.165, 1.54) is 9.80 Å². The summed E-state index contributed by atoms with van der Waals surface area (Å²) in [7, 11) is 0. The van der Waals surface area contributed by atoms with Gasteiger partial charge >= 0.3 is 0 Å². The van der Waals surface area contributed by atoms with E-state index in [2.05, 4.69) is 0 Å². The van der Waals surface area contributed by atoms with Crippen LogP contribution in [0, 0.1) is 0 Å². The summed E-state index contributed by atoms with van der Waals surface area (Å²) in [5.74, 6) is -2.21. The maximum absolute atomic E-state index is 13.3. The van der Waals surface area contributed by atoms with Crippen molar-refractivity contribution >= 4 is 69.0 Å². The van der Waals surface area contributed by atoms with Crippen molar-refractivity contribution in [2.45, 2.75) is 23.8 Å². The molecule has 3 aromatic carbocycles. The number of benzene rings is 3. The van der Waals surface area contributed by atoms with Gasteiger partial charge in [-0.3, -0.25) is 38.6 Å². The minimum Gasteiger partial charge on any atom is -0.368 e. The van der Waals surface area contributed by atoms with Gasteiger partial charge in [0.1, 0.15) is 0 Å². The van der Waals surface area contributed by atoms with Crippen molar-refractivity contribution in [3.8, 4) is 0 Å². The zero-order chi connectivity index (χ0) is 31.4. The molecule has 2 aliphatic heterocycles. The van der Waals surface area contributed by atoms with Gasteiger partial charge in [-0.2, -0.15) is 0 Å². The predicted molar refractivity (Wildman–Crippen MR) is 167 cm³/mol. The fourth-order valence-electron chi connectivity index (χ4n) is 4.85. The van der Waals surface area contributed by atoms with E-state index in [0.29, 0.717) is 22.5 Å². The Morgan fingerprint density at radius 1 is 0.591 bits per heavy atom. The van der Waals surface area contributed by atoms with Crippen LogP contribution in [0.3, 0.4) is 0 Å². The summed E-state index contributed by atoms with van der Waals surface area (Å²) in [6.07, 6.45) is 0. The summed E-state index contributed by atoms with van der Waals surface area (Å²) in [5.41, 5.74) is 13.3. The molecule has 0 bridgehead atoms. The fourth-order valence-corrected chi connectivity index (χ4v) is 6.90. The maximum Gasteiger partial charge on any atom is 0.291 e. The quantitative estimate of drug-likeness (QED) is 0.303. The number of anilines is 2. The molecule has 0 aliphatic carbocycles. The molecule has 12 nitrogen and oxygen atoms in total. The Balaban J connectivity index is 1.25. The van der Waals surface area contributed by atoms with E-state index in [1.807, 2.05) is 0 Å². The van der Waals surface area contributed by atoms with Gasteiger partial charge in [0.2, 0.25) is 11.8 Å². The van der Waals surface area contributed by atoms with E-state index in [1.54, 1.807) is 84.9 Å². The number of primary amides is 2. The molecule has 0 saturated carbocycles. The van der Waals surface area contributed by atoms with Gasteiger partial charge in [0.15, 0.2) is 10.7 Å². The highest BCUT2D eigenvalue weighted by Gasteiger charge is 2.45. The summed E-state index contributed by atoms with van der Waals surface area (Å²) < 4.78 is 0. The zero-order valence-corrected chi connectivity index (χ0v) is 24.9. The molecule has 0 spiro atoms. The van der Waals surface area contributed by atoms with Gasteiger partial charge in [0, 0.05) is 11.4 Å². The number of carbonyl (C=O) groups excluding carboxylic acids is 6. The van der Waals surface area contributed by atoms with Crippen LogP contribution in [-0.4, -0.2) is 67.7 Å². The molecule has 0 unspecified atom stereocenters. The molecule has 3 aromatic rings. The summed E-state index contributed by atoms with van der Waals surface area (Å²) in [6, 6.07) is 24.4. The average Bonchev–Trinajstić information content (AvgIpc) is 3.45. The molecule has 226 valence electrons. The molecular formula is C30H28N6O6S2. The number of hydrogen-bond acceptors (Lipinski definition) is 10. The van der Waals surface area contributed by atoms with E-state index in [4.69, 9.17) is 11.5 Å². The normalized spacial score (nSPS) is 18.2. The lowest BCUT2D eigenvalue weighted by Gasteiger charge is -2.27. The number of hydrogen-bond donors (Lipinski definition) is 2. The number of rotatable bonds is 12. The van der Waals surface area contributed by atoms with Crippen molar-refractivity contribution < 1.29 is 28.8 Å². The maximum atomic E-state index is 13.3. The van der Waals surface area contributed by atoms with E-state index in [-0.39, 0.29) is 26.2 Å². The SMILES string of the molecule is NC(=O)CN(c1ccccc1)[C@@H]1SC(=O)N(Cc2ccc(CN3C(=O)S[C@@H](N(CC(N)=O)c4ccccc4)C3=O)cc2)C1=O. The van der Waals surface area contributed by atoms with Crippen molar-refractivity contribution in [3.63, 3.8) is 0 Å². The van der Waals surface area contributed by atoms with Gasteiger partial charge in [-0.1, -0.05) is 60.7 Å². The largest absolute Gasteiger partial charge is 0.368 e. The highest BCUT2D eigenvalue weighted by atomic mass is 32.2. The van der Waals surface area contributed by atoms with Crippen LogP contribution in [0.1, 0.15) is 11.1 Å². The molecule has 2 saturated heterocycles. The molecular weight excluding hydrogens is 605 g/mol. The number of para-hydroxylation sites is 2. The molecule has 44 heavy (non-hydrogen) atoms. The van der Waals surface area contributed by atoms with Crippen LogP contribution >= 0.6 is 23.5 Å². The number of amides is 6. The molecule has 5 rings (SSSR count). The lowest BCUT2D eigenvalue weighted by molar-refractivity contribution is -0.128. The Kier molecular flexibility index (Phi) is 9.20. The third-order valence-electron chi connectivity index (χ3n) is 6.92. The second-order valence-corrected chi connectivity index (χ2v) is 12.1. The lowest BCUT2D eigenvalue weighted by Crippen LogP contribution is -2.45. The Bertz CT molecular complexity index is 1470. The van der Waals surface area contributed by atoms with Crippen molar-refractivity contribution in [1.82, 2.24) is 9.80 Å². The van der Waals surface area contributed by atoms with Crippen LogP contribution in [0.25, 0.3) is 0 Å². The highest BCUT2D eigenvalue weighted by Crippen LogP contribution is 2.35. The molecule has 4 N–H and O–H groups in total. The molecule has 2 heterocycles. The van der Waals surface area contributed by atoms with Crippen LogP contribution in [-0.2, 0) is 32.3 Å². The summed E-state index contributed by atoms with van der Waals surface area (Å²) in [6.45, 7) is -0.470. The third kappa shape index (κ3) is 6.71. The number of imide groups is 2. The van der Waals surface area contributed by atoms with Crippen molar-refractivity contribution in [3.05, 3.63) is 96.1 Å². The topological polar surface area (TPSA) is 167 Å². The monoisotopic (exact) mass is 632 g/mol. The standard InChI is InChI=1S/C30H28N6O6S2/c31-23(37)17-33(21-7-3-1-4-8-21)27-25(39)35(29(41)43-27)15-19-11-13-20(14-12-19)16-36-26(40)28(44-30(36)42)34(18-24(32)38)22-9-5-2-6-10-22/h1-14,27-28H,15-18H2,(H2,31,37)(H2,32,38)/t27-,28-/m1/s1. The van der Waals surface area contributed by atoms with Crippen molar-refractivity contribution in [1.29, 1.82) is 0 Å². The van der Waals surface area contributed by atoms with Gasteiger partial charge in [-0.05, 0) is 58.9 Å². The first-order valence-corrected chi connectivity index (χ1v) is 15.2. The van der Waals surface area contributed by atoms with E-state index in [0.717, 1.165) is 33.3 Å². The molecule has 6 amide bonds. The van der Waals surface area contributed by atoms with Crippen LogP contribution in [0.4, 0.5) is 21.0 Å². The molecule has 14 heteroatoms. The fraction of sp³-hybridized carbons (Fsp3) is 0.200. The first kappa shape index (κ1) is 30.6. The first-order chi connectivity index (χ1) is 21.1. The predicted octanol–water partition coefficient (Wildman–Crippen LogP) is 2.71. The second-order valence-electron chi connectivity index (χ2n) is 10.00. The third-order valence-corrected chi connectivity index (χ3v) is 9.12. The van der Waals surface area contributed by atoms with Crippen LogP contribution in [0.2, 0.25) is 0 Å². The van der Waals surface area contributed by atoms with Crippen LogP contribution in [0.15, 0.2) is 84.9 Å². The van der Waals surface area contributed by atoms with Crippen LogP contribution < -0.4 is 21.3 Å². The number of thioether (sulfide) groups is 2. The summed E-state index contributed by atoms with van der Waals surface area (Å²) >= 11 is 1.63. The van der Waals surface area contributed by atoms with Crippen LogP contribution in [0.5, 0.6) is 0 Å².